The predicted octanol–water partition coefficient (Wildman–Crippen LogP) is 3.12. The molecule has 6 heteroatoms. The van der Waals surface area contributed by atoms with E-state index in [1.54, 1.807) is 12.1 Å². The molecule has 0 radical (unpaired) electrons. The third-order valence-corrected chi connectivity index (χ3v) is 3.60. The predicted molar refractivity (Wildman–Crippen MR) is 94.4 cm³/mol. The van der Waals surface area contributed by atoms with Crippen molar-refractivity contribution in [3.8, 4) is 11.5 Å². The van der Waals surface area contributed by atoms with Crippen LogP contribution in [0.2, 0.25) is 0 Å². The highest BCUT2D eigenvalue weighted by Gasteiger charge is 2.13. The lowest BCUT2D eigenvalue weighted by Gasteiger charge is -2.13. The molecule has 0 bridgehead atoms. The van der Waals surface area contributed by atoms with Crippen LogP contribution in [0.25, 0.3) is 0 Å². The molecule has 0 aromatic heterocycles. The summed E-state index contributed by atoms with van der Waals surface area (Å²) in [7, 11) is 2.76. The lowest BCUT2D eigenvalue weighted by Crippen LogP contribution is -2.21. The molecule has 0 saturated carbocycles. The first-order valence-electron chi connectivity index (χ1n) is 7.71. The fourth-order valence-electron chi connectivity index (χ4n) is 2.32. The van der Waals surface area contributed by atoms with Crippen LogP contribution >= 0.6 is 0 Å². The number of carbonyl (C=O) groups excluding carboxylic acids is 2. The normalized spacial score (nSPS) is 10.1. The number of rotatable bonds is 6. The summed E-state index contributed by atoms with van der Waals surface area (Å²) in [5.74, 6) is -0.0448. The molecule has 2 aromatic rings. The Balaban J connectivity index is 2.02. The molecule has 0 fully saturated rings. The first kappa shape index (κ1) is 18.3. The van der Waals surface area contributed by atoms with Crippen LogP contribution in [-0.4, -0.2) is 32.7 Å². The van der Waals surface area contributed by atoms with E-state index in [1.165, 1.54) is 20.3 Å². The van der Waals surface area contributed by atoms with Gasteiger partial charge in [-0.15, -0.1) is 0 Å². The Morgan fingerprint density at radius 2 is 1.76 bits per heavy atom. The molecular weight excluding hydrogens is 322 g/mol. The lowest BCUT2D eigenvalue weighted by atomic mass is 10.1. The third kappa shape index (κ3) is 4.73. The summed E-state index contributed by atoms with van der Waals surface area (Å²) >= 11 is 0. The average Bonchev–Trinajstić information content (AvgIpc) is 2.61. The summed E-state index contributed by atoms with van der Waals surface area (Å²) < 4.78 is 15.4. The highest BCUT2D eigenvalue weighted by atomic mass is 16.5. The molecule has 0 heterocycles. The number of benzene rings is 2. The molecule has 132 valence electrons. The Labute approximate surface area is 146 Å². The van der Waals surface area contributed by atoms with Gasteiger partial charge in [0.2, 0.25) is 0 Å². The summed E-state index contributed by atoms with van der Waals surface area (Å²) in [6, 6.07) is 10.4. The van der Waals surface area contributed by atoms with Crippen LogP contribution in [0.4, 0.5) is 5.69 Å². The number of ether oxygens (including phenoxy) is 3. The fraction of sp³-hybridized carbons (Fsp3) is 0.263. The highest BCUT2D eigenvalue weighted by molar-refractivity contribution is 5.93. The van der Waals surface area contributed by atoms with E-state index in [9.17, 15) is 9.59 Å². The molecule has 25 heavy (non-hydrogen) atoms. The van der Waals surface area contributed by atoms with Crippen LogP contribution in [0.3, 0.4) is 0 Å². The van der Waals surface area contributed by atoms with Gasteiger partial charge >= 0.3 is 5.97 Å². The number of nitrogens with one attached hydrogen (secondary N) is 1. The zero-order chi connectivity index (χ0) is 18.4. The zero-order valence-corrected chi connectivity index (χ0v) is 14.7. The van der Waals surface area contributed by atoms with Crippen molar-refractivity contribution in [2.24, 2.45) is 0 Å². The van der Waals surface area contributed by atoms with Gasteiger partial charge in [-0.2, -0.15) is 0 Å². The Kier molecular flexibility index (Phi) is 6.00. The maximum Gasteiger partial charge on any atom is 0.337 e. The molecule has 0 aliphatic heterocycles. The van der Waals surface area contributed by atoms with Crippen LogP contribution in [0.1, 0.15) is 21.5 Å². The molecule has 2 rings (SSSR count). The van der Waals surface area contributed by atoms with Gasteiger partial charge in [-0.05, 0) is 43.7 Å². The van der Waals surface area contributed by atoms with Crippen molar-refractivity contribution in [1.82, 2.24) is 0 Å². The lowest BCUT2D eigenvalue weighted by molar-refractivity contribution is -0.118. The van der Waals surface area contributed by atoms with Gasteiger partial charge in [-0.25, -0.2) is 4.79 Å². The van der Waals surface area contributed by atoms with Crippen molar-refractivity contribution in [2.45, 2.75) is 13.8 Å². The maximum absolute atomic E-state index is 12.1. The Morgan fingerprint density at radius 3 is 2.40 bits per heavy atom. The van der Waals surface area contributed by atoms with Gasteiger partial charge in [-0.1, -0.05) is 17.7 Å². The van der Waals surface area contributed by atoms with Crippen molar-refractivity contribution < 1.29 is 23.8 Å². The summed E-state index contributed by atoms with van der Waals surface area (Å²) in [6.45, 7) is 3.74. The molecule has 1 amide bonds. The number of esters is 1. The second-order valence-corrected chi connectivity index (χ2v) is 5.51. The number of amides is 1. The van der Waals surface area contributed by atoms with E-state index >= 15 is 0 Å². The van der Waals surface area contributed by atoms with Gasteiger partial charge in [0.1, 0.15) is 0 Å². The molecule has 0 unspecified atom stereocenters. The van der Waals surface area contributed by atoms with Crippen molar-refractivity contribution in [3.05, 3.63) is 53.1 Å². The molecule has 2 aromatic carbocycles. The average molecular weight is 343 g/mol. The highest BCUT2D eigenvalue weighted by Crippen LogP contribution is 2.28. The van der Waals surface area contributed by atoms with E-state index in [4.69, 9.17) is 9.47 Å². The van der Waals surface area contributed by atoms with E-state index in [0.717, 1.165) is 16.8 Å². The van der Waals surface area contributed by atoms with Crippen LogP contribution in [0.15, 0.2) is 36.4 Å². The summed E-state index contributed by atoms with van der Waals surface area (Å²) in [5, 5.41) is 2.81. The largest absolute Gasteiger partial charge is 0.493 e. The smallest absolute Gasteiger partial charge is 0.337 e. The first-order valence-corrected chi connectivity index (χ1v) is 7.71. The Bertz CT molecular complexity index is 785. The maximum atomic E-state index is 12.1. The first-order chi connectivity index (χ1) is 11.9. The standard InChI is InChI=1S/C19H21NO5/c1-12-5-7-15(13(2)9-12)20-18(21)11-25-16-8-6-14(19(22)24-4)10-17(16)23-3/h5-10H,11H2,1-4H3,(H,20,21). The second-order valence-electron chi connectivity index (χ2n) is 5.51. The van der Waals surface area contributed by atoms with Crippen LogP contribution in [0, 0.1) is 13.8 Å². The summed E-state index contributed by atoms with van der Waals surface area (Å²) in [6.07, 6.45) is 0. The fourth-order valence-corrected chi connectivity index (χ4v) is 2.32. The topological polar surface area (TPSA) is 73.9 Å². The van der Waals surface area contributed by atoms with Gasteiger partial charge < -0.3 is 19.5 Å². The Hall–Kier alpha value is -3.02. The minimum atomic E-state index is -0.475. The quantitative estimate of drug-likeness (QED) is 0.816. The van der Waals surface area contributed by atoms with Crippen molar-refractivity contribution in [1.29, 1.82) is 0 Å². The van der Waals surface area contributed by atoms with Crippen molar-refractivity contribution in [3.63, 3.8) is 0 Å². The number of hydrogen-bond donors (Lipinski definition) is 1. The molecule has 1 N–H and O–H groups in total. The van der Waals surface area contributed by atoms with E-state index in [-0.39, 0.29) is 12.5 Å². The minimum absolute atomic E-state index is 0.179. The van der Waals surface area contributed by atoms with Gasteiger partial charge in [0.25, 0.3) is 5.91 Å². The van der Waals surface area contributed by atoms with E-state index in [0.29, 0.717) is 17.1 Å². The number of anilines is 1. The van der Waals surface area contributed by atoms with Crippen LogP contribution in [-0.2, 0) is 9.53 Å². The van der Waals surface area contributed by atoms with Gasteiger partial charge in [0.05, 0.1) is 19.8 Å². The van der Waals surface area contributed by atoms with E-state index in [2.05, 4.69) is 10.1 Å². The Morgan fingerprint density at radius 1 is 1.00 bits per heavy atom. The molecule has 0 spiro atoms. The molecule has 0 aliphatic rings. The molecule has 0 saturated heterocycles. The van der Waals surface area contributed by atoms with E-state index < -0.39 is 5.97 Å². The van der Waals surface area contributed by atoms with Crippen molar-refractivity contribution in [2.75, 3.05) is 26.1 Å². The number of methoxy groups -OCH3 is 2. The van der Waals surface area contributed by atoms with Gasteiger partial charge in [-0.3, -0.25) is 4.79 Å². The van der Waals surface area contributed by atoms with Crippen molar-refractivity contribution >= 4 is 17.6 Å². The molecular formula is C19H21NO5. The monoisotopic (exact) mass is 343 g/mol. The number of hydrogen-bond acceptors (Lipinski definition) is 5. The second kappa shape index (κ2) is 8.19. The molecule has 0 atom stereocenters. The van der Waals surface area contributed by atoms with Gasteiger partial charge in [0.15, 0.2) is 18.1 Å². The third-order valence-electron chi connectivity index (χ3n) is 3.60. The SMILES string of the molecule is COC(=O)c1ccc(OCC(=O)Nc2ccc(C)cc2C)c(OC)c1. The van der Waals surface area contributed by atoms with Crippen LogP contribution in [0.5, 0.6) is 11.5 Å². The number of aryl methyl sites for hydroxylation is 2. The van der Waals surface area contributed by atoms with E-state index in [1.807, 2.05) is 32.0 Å². The molecule has 6 nitrogen and oxygen atoms in total. The summed E-state index contributed by atoms with van der Waals surface area (Å²) in [5.41, 5.74) is 3.19. The number of carbonyl (C=O) groups is 2. The zero-order valence-electron chi connectivity index (χ0n) is 14.7. The summed E-state index contributed by atoms with van der Waals surface area (Å²) in [4.78, 5) is 23.6. The van der Waals surface area contributed by atoms with Gasteiger partial charge in [0, 0.05) is 5.69 Å². The molecule has 0 aliphatic carbocycles. The minimum Gasteiger partial charge on any atom is -0.493 e. The van der Waals surface area contributed by atoms with Crippen LogP contribution < -0.4 is 14.8 Å².